The molecule has 0 aromatic rings. The highest BCUT2D eigenvalue weighted by Crippen LogP contribution is 2.33. The van der Waals surface area contributed by atoms with Gasteiger partial charge in [0.1, 0.15) is 18.3 Å². The van der Waals surface area contributed by atoms with E-state index in [0.29, 0.717) is 0 Å². The molecule has 2 heterocycles. The van der Waals surface area contributed by atoms with Crippen LogP contribution in [0.2, 0.25) is 0 Å². The fourth-order valence-corrected chi connectivity index (χ4v) is 1.79. The van der Waals surface area contributed by atoms with Crippen LogP contribution in [0.4, 0.5) is 0 Å². The van der Waals surface area contributed by atoms with Gasteiger partial charge < -0.3 is 19.3 Å². The van der Waals surface area contributed by atoms with Gasteiger partial charge in [0.2, 0.25) is 0 Å². The van der Waals surface area contributed by atoms with Gasteiger partial charge in [-0.2, -0.15) is 0 Å². The highest BCUT2D eigenvalue weighted by molar-refractivity contribution is 5.88. The molecule has 0 spiro atoms. The van der Waals surface area contributed by atoms with Crippen LogP contribution >= 0.6 is 0 Å². The van der Waals surface area contributed by atoms with E-state index in [1.54, 1.807) is 20.8 Å². The molecule has 0 aromatic carbocycles. The minimum Gasteiger partial charge on any atom is -0.829 e. The van der Waals surface area contributed by atoms with Crippen LogP contribution in [0.15, 0.2) is 0 Å². The van der Waals surface area contributed by atoms with E-state index in [9.17, 15) is 9.90 Å². The Kier molecular flexibility index (Phi) is 2.15. The van der Waals surface area contributed by atoms with Gasteiger partial charge in [-0.15, -0.1) is 0 Å². The van der Waals surface area contributed by atoms with Gasteiger partial charge in [-0.25, -0.2) is 0 Å². The average Bonchev–Trinajstić information content (AvgIpc) is 2.38. The molecule has 0 N–H and O–H groups in total. The molecule has 5 nitrogen and oxygen atoms in total. The van der Waals surface area contributed by atoms with Crippen molar-refractivity contribution in [3.63, 3.8) is 0 Å². The van der Waals surface area contributed by atoms with Gasteiger partial charge in [-0.3, -0.25) is 4.79 Å². The van der Waals surface area contributed by atoms with E-state index in [0.717, 1.165) is 0 Å². The Morgan fingerprint density at radius 2 is 2.00 bits per heavy atom. The molecule has 2 saturated heterocycles. The van der Waals surface area contributed by atoms with Crippen molar-refractivity contribution in [1.29, 1.82) is 0 Å². The first-order valence-corrected chi connectivity index (χ1v) is 4.61. The van der Waals surface area contributed by atoms with E-state index >= 15 is 0 Å². The van der Waals surface area contributed by atoms with Crippen LogP contribution < -0.4 is 5.11 Å². The number of ketones is 1. The van der Waals surface area contributed by atoms with E-state index in [-0.39, 0.29) is 5.78 Å². The molecule has 80 valence electrons. The van der Waals surface area contributed by atoms with Crippen LogP contribution in [-0.4, -0.2) is 36.2 Å². The lowest BCUT2D eigenvalue weighted by molar-refractivity contribution is -0.516. The Bertz CT molecular complexity index is 262. The predicted octanol–water partition coefficient (Wildman–Crippen LogP) is -0.819. The van der Waals surface area contributed by atoms with Crippen molar-refractivity contribution in [1.82, 2.24) is 0 Å². The second-order valence-corrected chi connectivity index (χ2v) is 4.07. The Hall–Kier alpha value is -0.490. The van der Waals surface area contributed by atoms with Crippen molar-refractivity contribution in [2.45, 2.75) is 51.2 Å². The standard InChI is InChI=1S/C9H13O5/c1-4-5(10)6-7(8(11)12-4)14-9(2,3)13-6/h4,6-8H,1-3H3/q-1/t4-,6+,7+,8+/m0/s1. The number of ether oxygens (including phenoxy) is 3. The smallest absolute Gasteiger partial charge is 0.192 e. The third kappa shape index (κ3) is 1.46. The monoisotopic (exact) mass is 201 g/mol. The maximum Gasteiger partial charge on any atom is 0.192 e. The molecule has 0 saturated carbocycles. The summed E-state index contributed by atoms with van der Waals surface area (Å²) in [5, 5.41) is 11.4. The first kappa shape index (κ1) is 10.0. The molecular weight excluding hydrogens is 188 g/mol. The van der Waals surface area contributed by atoms with Gasteiger partial charge >= 0.3 is 0 Å². The summed E-state index contributed by atoms with van der Waals surface area (Å²) in [7, 11) is 0. The average molecular weight is 201 g/mol. The second-order valence-electron chi connectivity index (χ2n) is 4.07. The lowest BCUT2D eigenvalue weighted by atomic mass is 10.0. The fourth-order valence-electron chi connectivity index (χ4n) is 1.79. The van der Waals surface area contributed by atoms with E-state index < -0.39 is 30.4 Å². The molecule has 0 aliphatic carbocycles. The van der Waals surface area contributed by atoms with Crippen molar-refractivity contribution < 1.29 is 24.1 Å². The van der Waals surface area contributed by atoms with Crippen LogP contribution in [0.5, 0.6) is 0 Å². The number of Topliss-reactive ketones (excluding diaryl/α,β-unsaturated/α-hetero) is 1. The first-order valence-electron chi connectivity index (χ1n) is 4.61. The Balaban J connectivity index is 2.22. The molecule has 0 unspecified atom stereocenters. The molecule has 0 amide bonds. The van der Waals surface area contributed by atoms with Gasteiger partial charge in [-0.05, 0) is 20.8 Å². The van der Waals surface area contributed by atoms with Crippen LogP contribution in [0.1, 0.15) is 20.8 Å². The van der Waals surface area contributed by atoms with Gasteiger partial charge in [-0.1, -0.05) is 0 Å². The van der Waals surface area contributed by atoms with Gasteiger partial charge in [0.05, 0.1) is 0 Å². The van der Waals surface area contributed by atoms with Crippen LogP contribution in [0, 0.1) is 0 Å². The zero-order valence-electron chi connectivity index (χ0n) is 8.35. The number of hydrogen-bond acceptors (Lipinski definition) is 5. The van der Waals surface area contributed by atoms with Gasteiger partial charge in [0.15, 0.2) is 11.6 Å². The van der Waals surface area contributed by atoms with Crippen LogP contribution in [0.25, 0.3) is 0 Å². The van der Waals surface area contributed by atoms with Crippen molar-refractivity contribution in [3.05, 3.63) is 0 Å². The molecule has 2 aliphatic rings. The third-order valence-corrected chi connectivity index (χ3v) is 2.42. The summed E-state index contributed by atoms with van der Waals surface area (Å²) in [4.78, 5) is 11.6. The lowest BCUT2D eigenvalue weighted by Gasteiger charge is -2.38. The van der Waals surface area contributed by atoms with Crippen molar-refractivity contribution in [2.75, 3.05) is 0 Å². The number of carbonyl (C=O) groups is 1. The Morgan fingerprint density at radius 1 is 1.36 bits per heavy atom. The van der Waals surface area contributed by atoms with Crippen LogP contribution in [0.3, 0.4) is 0 Å². The highest BCUT2D eigenvalue weighted by atomic mass is 16.8. The van der Waals surface area contributed by atoms with Crippen molar-refractivity contribution in [2.24, 2.45) is 0 Å². The molecule has 2 fully saturated rings. The van der Waals surface area contributed by atoms with E-state index in [1.807, 2.05) is 0 Å². The third-order valence-electron chi connectivity index (χ3n) is 2.42. The predicted molar refractivity (Wildman–Crippen MR) is 43.2 cm³/mol. The summed E-state index contributed by atoms with van der Waals surface area (Å²) in [6, 6.07) is 0. The minimum absolute atomic E-state index is 0.215. The van der Waals surface area contributed by atoms with Crippen molar-refractivity contribution in [3.8, 4) is 0 Å². The number of carbonyl (C=O) groups excluding carboxylic acids is 1. The molecule has 0 bridgehead atoms. The lowest BCUT2D eigenvalue weighted by Crippen LogP contribution is -2.57. The maximum atomic E-state index is 11.6. The minimum atomic E-state index is -1.34. The normalized spacial score (nSPS) is 46.4. The summed E-state index contributed by atoms with van der Waals surface area (Å²) >= 11 is 0. The second kappa shape index (κ2) is 3.00. The van der Waals surface area contributed by atoms with Crippen molar-refractivity contribution >= 4 is 5.78 Å². The van der Waals surface area contributed by atoms with Gasteiger partial charge in [0, 0.05) is 6.29 Å². The van der Waals surface area contributed by atoms with E-state index in [4.69, 9.17) is 14.2 Å². The Morgan fingerprint density at radius 3 is 2.64 bits per heavy atom. The molecule has 2 aliphatic heterocycles. The van der Waals surface area contributed by atoms with Gasteiger partial charge in [0.25, 0.3) is 0 Å². The number of fused-ring (bicyclic) bond motifs is 1. The molecule has 4 atom stereocenters. The van der Waals surface area contributed by atoms with Crippen LogP contribution in [-0.2, 0) is 19.0 Å². The zero-order chi connectivity index (χ0) is 10.5. The number of rotatable bonds is 0. The van der Waals surface area contributed by atoms with E-state index in [2.05, 4.69) is 0 Å². The Labute approximate surface area is 81.9 Å². The highest BCUT2D eigenvalue weighted by Gasteiger charge is 2.50. The largest absolute Gasteiger partial charge is 0.829 e. The summed E-state index contributed by atoms with van der Waals surface area (Å²) in [6.07, 6.45) is -3.62. The molecular formula is C9H13O5-. The fraction of sp³-hybridized carbons (Fsp3) is 0.889. The topological polar surface area (TPSA) is 67.8 Å². The summed E-state index contributed by atoms with van der Waals surface area (Å²) in [5.74, 6) is -1.09. The summed E-state index contributed by atoms with van der Waals surface area (Å²) in [5.41, 5.74) is 0. The summed E-state index contributed by atoms with van der Waals surface area (Å²) < 4.78 is 15.6. The zero-order valence-corrected chi connectivity index (χ0v) is 8.35. The molecule has 0 radical (unpaired) electrons. The molecule has 14 heavy (non-hydrogen) atoms. The molecule has 0 aromatic heterocycles. The SMILES string of the molecule is C[C@@H]1O[C@@H]([O-])[C@@H]2OC(C)(C)O[C@@H]2C1=O. The number of hydrogen-bond donors (Lipinski definition) is 0. The quantitative estimate of drug-likeness (QED) is 0.512. The summed E-state index contributed by atoms with van der Waals surface area (Å²) in [6.45, 7) is 4.91. The van der Waals surface area contributed by atoms with E-state index in [1.165, 1.54) is 0 Å². The molecule has 2 rings (SSSR count). The molecule has 5 heteroatoms. The first-order chi connectivity index (χ1) is 6.41. The maximum absolute atomic E-state index is 11.6.